The number of aromatic amines is 1. The number of carbonyl (C=O) groups excluding carboxylic acids is 1. The van der Waals surface area contributed by atoms with Crippen LogP contribution in [-0.2, 0) is 6.42 Å². The van der Waals surface area contributed by atoms with E-state index in [-0.39, 0.29) is 18.5 Å². The van der Waals surface area contributed by atoms with Gasteiger partial charge in [0.15, 0.2) is 0 Å². The van der Waals surface area contributed by atoms with Crippen LogP contribution >= 0.6 is 0 Å². The van der Waals surface area contributed by atoms with E-state index in [0.717, 1.165) is 16.5 Å². The molecule has 0 aliphatic carbocycles. The number of hydrogen-bond acceptors (Lipinski definition) is 2. The van der Waals surface area contributed by atoms with Crippen molar-refractivity contribution in [3.05, 3.63) is 46.0 Å². The summed E-state index contributed by atoms with van der Waals surface area (Å²) in [6.45, 7) is 0.267. The Bertz CT molecular complexity index is 668. The highest BCUT2D eigenvalue weighted by Crippen LogP contribution is 2.26. The molecule has 1 aliphatic heterocycles. The van der Waals surface area contributed by atoms with Crippen LogP contribution in [0.25, 0.3) is 21.3 Å². The largest absolute Gasteiger partial charge is 0.361 e. The smallest absolute Gasteiger partial charge is 0.252 e. The molecule has 2 heterocycles. The number of H-pyrrole nitrogens is 1. The van der Waals surface area contributed by atoms with Gasteiger partial charge in [0.2, 0.25) is 0 Å². The topological polar surface area (TPSA) is 93.7 Å². The van der Waals surface area contributed by atoms with Gasteiger partial charge in [0.25, 0.3) is 5.91 Å². The number of amides is 1. The van der Waals surface area contributed by atoms with Crippen molar-refractivity contribution in [3.8, 4) is 0 Å². The zero-order valence-corrected chi connectivity index (χ0v) is 9.55. The van der Waals surface area contributed by atoms with Crippen LogP contribution in [0.1, 0.15) is 15.9 Å². The van der Waals surface area contributed by atoms with Crippen LogP contribution in [0.15, 0.2) is 29.5 Å². The highest BCUT2D eigenvalue weighted by atomic mass is 16.1. The predicted octanol–water partition coefficient (Wildman–Crippen LogP) is 2.13. The average Bonchev–Trinajstić information content (AvgIpc) is 2.72. The lowest BCUT2D eigenvalue weighted by molar-refractivity contribution is 0.0942. The Kier molecular flexibility index (Phi) is 2.42. The van der Waals surface area contributed by atoms with Gasteiger partial charge in [-0.25, -0.2) is 0 Å². The minimum absolute atomic E-state index is 0.114. The van der Waals surface area contributed by atoms with Gasteiger partial charge in [-0.3, -0.25) is 4.79 Å². The molecule has 0 saturated carbocycles. The van der Waals surface area contributed by atoms with Crippen LogP contribution in [0.4, 0.5) is 0 Å². The fraction of sp³-hybridized carbons (Fsp3) is 0.250. The highest BCUT2D eigenvalue weighted by molar-refractivity contribution is 6.08. The van der Waals surface area contributed by atoms with Gasteiger partial charge >= 0.3 is 0 Å². The number of nitrogens with zero attached hydrogens (tertiary/aromatic N) is 3. The second-order valence-corrected chi connectivity index (χ2v) is 4.33. The summed E-state index contributed by atoms with van der Waals surface area (Å²) in [5, 5.41) is 7.40. The number of rotatable bonds is 2. The summed E-state index contributed by atoms with van der Waals surface area (Å²) in [6, 6.07) is 5.46. The number of azide groups is 1. The minimum Gasteiger partial charge on any atom is -0.361 e. The van der Waals surface area contributed by atoms with E-state index in [1.807, 2.05) is 24.4 Å². The summed E-state index contributed by atoms with van der Waals surface area (Å²) in [7, 11) is 0. The molecule has 0 saturated heterocycles. The molecule has 3 rings (SSSR count). The minimum atomic E-state index is -0.153. The third kappa shape index (κ3) is 1.59. The Morgan fingerprint density at radius 3 is 3.22 bits per heavy atom. The summed E-state index contributed by atoms with van der Waals surface area (Å²) >= 11 is 0. The van der Waals surface area contributed by atoms with E-state index in [4.69, 9.17) is 5.53 Å². The Labute approximate surface area is 103 Å². The SMILES string of the molecule is [N-]=[N+]=NCC1Cc2c[nH]c3cccc(c23)C(=O)N1. The molecule has 0 bridgehead atoms. The molecule has 2 N–H and O–H groups in total. The first-order chi connectivity index (χ1) is 8.79. The summed E-state index contributed by atoms with van der Waals surface area (Å²) in [5.74, 6) is -0.114. The molecule has 1 aromatic heterocycles. The van der Waals surface area contributed by atoms with Gasteiger partial charge in [0.1, 0.15) is 0 Å². The van der Waals surface area contributed by atoms with Gasteiger partial charge < -0.3 is 10.3 Å². The standard InChI is InChI=1S/C12H11N5O/c13-17-15-6-8-4-7-5-14-10-3-1-2-9(11(7)10)12(18)16-8/h1-3,5,8,14H,4,6H2,(H,16,18). The first-order valence-corrected chi connectivity index (χ1v) is 5.70. The molecule has 1 atom stereocenters. The molecule has 0 radical (unpaired) electrons. The second kappa shape index (κ2) is 4.09. The quantitative estimate of drug-likeness (QED) is 0.470. The van der Waals surface area contributed by atoms with Crippen molar-refractivity contribution in [2.45, 2.75) is 12.5 Å². The van der Waals surface area contributed by atoms with Crippen LogP contribution in [0, 0.1) is 0 Å². The van der Waals surface area contributed by atoms with Gasteiger partial charge in [-0.15, -0.1) is 0 Å². The van der Waals surface area contributed by atoms with Gasteiger partial charge in [-0.05, 0) is 29.6 Å². The van der Waals surface area contributed by atoms with Gasteiger partial charge in [0, 0.05) is 40.2 Å². The fourth-order valence-corrected chi connectivity index (χ4v) is 2.43. The normalized spacial score (nSPS) is 18.0. The van der Waals surface area contributed by atoms with E-state index in [2.05, 4.69) is 20.3 Å². The summed E-state index contributed by atoms with van der Waals surface area (Å²) in [6.07, 6.45) is 2.58. The maximum absolute atomic E-state index is 12.1. The average molecular weight is 241 g/mol. The van der Waals surface area contributed by atoms with Gasteiger partial charge in [0.05, 0.1) is 0 Å². The van der Waals surface area contributed by atoms with Crippen molar-refractivity contribution in [1.82, 2.24) is 10.3 Å². The number of nitrogens with one attached hydrogen (secondary N) is 2. The number of carbonyl (C=O) groups is 1. The summed E-state index contributed by atoms with van der Waals surface area (Å²) in [5.41, 5.74) is 11.1. The van der Waals surface area contributed by atoms with Crippen molar-refractivity contribution in [1.29, 1.82) is 0 Å². The van der Waals surface area contributed by atoms with E-state index in [9.17, 15) is 4.79 Å². The first-order valence-electron chi connectivity index (χ1n) is 5.70. The van der Waals surface area contributed by atoms with Crippen LogP contribution in [0.3, 0.4) is 0 Å². The van der Waals surface area contributed by atoms with E-state index < -0.39 is 0 Å². The molecular formula is C12H11N5O. The van der Waals surface area contributed by atoms with E-state index in [0.29, 0.717) is 12.0 Å². The predicted molar refractivity (Wildman–Crippen MR) is 67.3 cm³/mol. The Morgan fingerprint density at radius 2 is 2.39 bits per heavy atom. The summed E-state index contributed by atoms with van der Waals surface area (Å²) < 4.78 is 0. The zero-order chi connectivity index (χ0) is 12.5. The van der Waals surface area contributed by atoms with Crippen LogP contribution < -0.4 is 5.32 Å². The lowest BCUT2D eigenvalue weighted by atomic mass is 10.0. The first kappa shape index (κ1) is 10.7. The number of aromatic nitrogens is 1. The molecule has 90 valence electrons. The van der Waals surface area contributed by atoms with Crippen molar-refractivity contribution in [2.75, 3.05) is 6.54 Å². The molecule has 1 aromatic carbocycles. The van der Waals surface area contributed by atoms with Crippen LogP contribution in [0.5, 0.6) is 0 Å². The lowest BCUT2D eigenvalue weighted by Gasteiger charge is -2.12. The lowest BCUT2D eigenvalue weighted by Crippen LogP contribution is -2.37. The molecule has 1 aliphatic rings. The molecule has 1 amide bonds. The molecule has 0 spiro atoms. The monoisotopic (exact) mass is 241 g/mol. The Hall–Kier alpha value is -2.46. The van der Waals surface area contributed by atoms with Gasteiger partial charge in [-0.2, -0.15) is 0 Å². The molecule has 6 nitrogen and oxygen atoms in total. The number of benzene rings is 1. The van der Waals surface area contributed by atoms with Gasteiger partial charge in [-0.1, -0.05) is 11.2 Å². The van der Waals surface area contributed by atoms with E-state index in [1.54, 1.807) is 0 Å². The molecular weight excluding hydrogens is 230 g/mol. The molecule has 0 fully saturated rings. The third-order valence-electron chi connectivity index (χ3n) is 3.20. The van der Waals surface area contributed by atoms with Crippen molar-refractivity contribution in [3.63, 3.8) is 0 Å². The highest BCUT2D eigenvalue weighted by Gasteiger charge is 2.23. The van der Waals surface area contributed by atoms with Crippen molar-refractivity contribution >= 4 is 16.8 Å². The van der Waals surface area contributed by atoms with E-state index >= 15 is 0 Å². The molecule has 2 aromatic rings. The Balaban J connectivity index is 2.10. The van der Waals surface area contributed by atoms with E-state index in [1.165, 1.54) is 0 Å². The van der Waals surface area contributed by atoms with Crippen LogP contribution in [-0.4, -0.2) is 23.5 Å². The molecule has 6 heteroatoms. The molecule has 1 unspecified atom stereocenters. The maximum atomic E-state index is 12.1. The third-order valence-corrected chi connectivity index (χ3v) is 3.20. The second-order valence-electron chi connectivity index (χ2n) is 4.33. The zero-order valence-electron chi connectivity index (χ0n) is 9.55. The van der Waals surface area contributed by atoms with Crippen LogP contribution in [0.2, 0.25) is 0 Å². The molecule has 18 heavy (non-hydrogen) atoms. The maximum Gasteiger partial charge on any atom is 0.252 e. The van der Waals surface area contributed by atoms with Crippen molar-refractivity contribution in [2.24, 2.45) is 5.11 Å². The number of hydrogen-bond donors (Lipinski definition) is 2. The fourth-order valence-electron chi connectivity index (χ4n) is 2.43. The summed E-state index contributed by atoms with van der Waals surface area (Å²) in [4.78, 5) is 18.0. The Morgan fingerprint density at radius 1 is 1.50 bits per heavy atom. The van der Waals surface area contributed by atoms with Crippen molar-refractivity contribution < 1.29 is 4.79 Å².